The minimum absolute atomic E-state index is 0.0382. The van der Waals surface area contributed by atoms with Crippen molar-refractivity contribution in [1.82, 2.24) is 0 Å². The maximum atomic E-state index is 12.8. The Balaban J connectivity index is 2.47. The molecule has 0 saturated carbocycles. The van der Waals surface area contributed by atoms with E-state index in [0.29, 0.717) is 4.47 Å². The molecule has 2 rings (SSSR count). The van der Waals surface area contributed by atoms with Crippen LogP contribution in [0, 0.1) is 0 Å². The number of hydrogen-bond acceptors (Lipinski definition) is 3. The van der Waals surface area contributed by atoms with Crippen molar-refractivity contribution in [2.45, 2.75) is 12.2 Å². The van der Waals surface area contributed by atoms with E-state index in [0.717, 1.165) is 6.07 Å². The predicted octanol–water partition coefficient (Wildman–Crippen LogP) is 2.85. The molecular weight excluding hydrogens is 301 g/mol. The van der Waals surface area contributed by atoms with Crippen molar-refractivity contribution in [1.29, 1.82) is 0 Å². The summed E-state index contributed by atoms with van der Waals surface area (Å²) in [5.74, 6) is 0. The summed E-state index contributed by atoms with van der Waals surface area (Å²) in [5, 5.41) is 0. The lowest BCUT2D eigenvalue weighted by Crippen LogP contribution is -2.12. The fourth-order valence-electron chi connectivity index (χ4n) is 1.62. The van der Waals surface area contributed by atoms with Crippen LogP contribution in [0.5, 0.6) is 0 Å². The number of amidine groups is 1. The quantitative estimate of drug-likeness (QED) is 0.867. The number of alkyl halides is 3. The third kappa shape index (κ3) is 2.54. The second kappa shape index (κ2) is 4.21. The van der Waals surface area contributed by atoms with Gasteiger partial charge in [0.05, 0.1) is 5.56 Å². The molecule has 1 aliphatic rings. The molecule has 7 heteroatoms. The molecule has 2 N–H and O–H groups in total. The molecule has 0 unspecified atom stereocenters. The number of rotatable bonds is 1. The van der Waals surface area contributed by atoms with Crippen LogP contribution in [0.3, 0.4) is 0 Å². The Morgan fingerprint density at radius 3 is 2.65 bits per heavy atom. The van der Waals surface area contributed by atoms with Crippen LogP contribution >= 0.6 is 15.9 Å². The van der Waals surface area contributed by atoms with Crippen LogP contribution in [0.25, 0.3) is 0 Å². The monoisotopic (exact) mass is 308 g/mol. The summed E-state index contributed by atoms with van der Waals surface area (Å²) in [6.45, 7) is 0.0382. The zero-order chi connectivity index (χ0) is 12.6. The molecule has 0 fully saturated rings. The Kier molecular flexibility index (Phi) is 3.03. The highest BCUT2D eigenvalue weighted by molar-refractivity contribution is 9.10. The lowest BCUT2D eigenvalue weighted by Gasteiger charge is -2.15. The largest absolute Gasteiger partial charge is 0.463 e. The molecule has 0 bridgehead atoms. The van der Waals surface area contributed by atoms with E-state index in [1.165, 1.54) is 12.1 Å². The van der Waals surface area contributed by atoms with Gasteiger partial charge in [0.2, 0.25) is 0 Å². The summed E-state index contributed by atoms with van der Waals surface area (Å²) in [6.07, 6.45) is -4.42. The summed E-state index contributed by atoms with van der Waals surface area (Å²) in [5.41, 5.74) is 4.64. The van der Waals surface area contributed by atoms with E-state index in [9.17, 15) is 13.2 Å². The topological polar surface area (TPSA) is 47.6 Å². The average Bonchev–Trinajstić information content (AvgIpc) is 2.63. The Morgan fingerprint density at radius 2 is 2.12 bits per heavy atom. The van der Waals surface area contributed by atoms with Crippen molar-refractivity contribution in [2.75, 3.05) is 6.61 Å². The second-order valence-electron chi connectivity index (χ2n) is 3.52. The minimum Gasteiger partial charge on any atom is -0.463 e. The molecule has 0 aromatic heterocycles. The highest BCUT2D eigenvalue weighted by atomic mass is 79.9. The predicted molar refractivity (Wildman–Crippen MR) is 59.5 cm³/mol. The van der Waals surface area contributed by atoms with Crippen LogP contribution < -0.4 is 5.73 Å². The molecule has 0 aliphatic carbocycles. The molecule has 1 atom stereocenters. The fraction of sp³-hybridized carbons (Fsp3) is 0.300. The van der Waals surface area contributed by atoms with Gasteiger partial charge in [0, 0.05) is 4.47 Å². The summed E-state index contributed by atoms with van der Waals surface area (Å²) in [4.78, 5) is 3.82. The van der Waals surface area contributed by atoms with Gasteiger partial charge in [0.15, 0.2) is 0 Å². The van der Waals surface area contributed by atoms with Crippen molar-refractivity contribution >= 4 is 22.0 Å². The van der Waals surface area contributed by atoms with Gasteiger partial charge in [-0.1, -0.05) is 22.0 Å². The first-order valence-electron chi connectivity index (χ1n) is 4.70. The molecule has 0 spiro atoms. The van der Waals surface area contributed by atoms with Crippen LogP contribution in [0.2, 0.25) is 0 Å². The van der Waals surface area contributed by atoms with Gasteiger partial charge in [0.1, 0.15) is 12.6 Å². The molecule has 17 heavy (non-hydrogen) atoms. The highest BCUT2D eigenvalue weighted by Gasteiger charge is 2.36. The van der Waals surface area contributed by atoms with Crippen LogP contribution in [-0.4, -0.2) is 12.6 Å². The van der Waals surface area contributed by atoms with Crippen LogP contribution in [0.15, 0.2) is 27.7 Å². The number of ether oxygens (including phenoxy) is 1. The molecule has 1 heterocycles. The Bertz CT molecular complexity index is 473. The Morgan fingerprint density at radius 1 is 1.41 bits per heavy atom. The number of hydrogen-bond donors (Lipinski definition) is 1. The summed E-state index contributed by atoms with van der Waals surface area (Å²) < 4.78 is 43.7. The lowest BCUT2D eigenvalue weighted by molar-refractivity contribution is -0.138. The van der Waals surface area contributed by atoms with Crippen LogP contribution in [-0.2, 0) is 10.9 Å². The van der Waals surface area contributed by atoms with E-state index in [1.54, 1.807) is 0 Å². The molecule has 0 amide bonds. The molecule has 0 radical (unpaired) electrons. The van der Waals surface area contributed by atoms with E-state index in [-0.39, 0.29) is 18.2 Å². The van der Waals surface area contributed by atoms with E-state index >= 15 is 0 Å². The smallest absolute Gasteiger partial charge is 0.416 e. The first-order valence-corrected chi connectivity index (χ1v) is 5.50. The number of benzene rings is 1. The van der Waals surface area contributed by atoms with E-state index in [1.807, 2.05) is 0 Å². The third-order valence-corrected chi connectivity index (χ3v) is 2.85. The Labute approximate surface area is 104 Å². The molecule has 0 saturated heterocycles. The summed E-state index contributed by atoms with van der Waals surface area (Å²) in [6, 6.07) is 3.17. The molecule has 1 aliphatic heterocycles. The Hall–Kier alpha value is -1.24. The molecule has 1 aromatic rings. The number of nitrogens with two attached hydrogens (primary N) is 1. The van der Waals surface area contributed by atoms with Gasteiger partial charge in [-0.05, 0) is 17.7 Å². The first kappa shape index (κ1) is 12.2. The number of aliphatic imine (C=N–C) groups is 1. The standard InChI is InChI=1S/C10H8BrF3N2O/c11-5-1-2-6(7(3-5)10(12,13)14)8-4-17-9(15)16-8/h1-3,8H,4H2,(H2,15,16)/t8-/m1/s1. The van der Waals surface area contributed by atoms with Crippen LogP contribution in [0.4, 0.5) is 13.2 Å². The average molecular weight is 309 g/mol. The van der Waals surface area contributed by atoms with E-state index < -0.39 is 17.8 Å². The van der Waals surface area contributed by atoms with Crippen molar-refractivity contribution in [3.63, 3.8) is 0 Å². The van der Waals surface area contributed by atoms with Gasteiger partial charge in [0.25, 0.3) is 6.02 Å². The van der Waals surface area contributed by atoms with Crippen LogP contribution in [0.1, 0.15) is 17.2 Å². The fourth-order valence-corrected chi connectivity index (χ4v) is 1.98. The van der Waals surface area contributed by atoms with Gasteiger partial charge in [-0.15, -0.1) is 0 Å². The van der Waals surface area contributed by atoms with Crippen molar-refractivity contribution < 1.29 is 17.9 Å². The van der Waals surface area contributed by atoms with Crippen molar-refractivity contribution in [2.24, 2.45) is 10.7 Å². The van der Waals surface area contributed by atoms with E-state index in [2.05, 4.69) is 20.9 Å². The molecule has 1 aromatic carbocycles. The zero-order valence-corrected chi connectivity index (χ0v) is 10.0. The molecular formula is C10H8BrF3N2O. The van der Waals surface area contributed by atoms with Gasteiger partial charge in [-0.3, -0.25) is 0 Å². The third-order valence-electron chi connectivity index (χ3n) is 2.35. The normalized spacial score (nSPS) is 20.0. The number of halogens is 4. The van der Waals surface area contributed by atoms with Gasteiger partial charge >= 0.3 is 6.18 Å². The molecule has 3 nitrogen and oxygen atoms in total. The zero-order valence-electron chi connectivity index (χ0n) is 8.46. The molecule has 92 valence electrons. The van der Waals surface area contributed by atoms with Gasteiger partial charge in [-0.2, -0.15) is 13.2 Å². The lowest BCUT2D eigenvalue weighted by atomic mass is 10.0. The van der Waals surface area contributed by atoms with Gasteiger partial charge in [-0.25, -0.2) is 4.99 Å². The van der Waals surface area contributed by atoms with Crippen molar-refractivity contribution in [3.8, 4) is 0 Å². The summed E-state index contributed by atoms with van der Waals surface area (Å²) in [7, 11) is 0. The number of nitrogens with zero attached hydrogens (tertiary/aromatic N) is 1. The van der Waals surface area contributed by atoms with E-state index in [4.69, 9.17) is 10.5 Å². The highest BCUT2D eigenvalue weighted by Crippen LogP contribution is 2.38. The minimum atomic E-state index is -4.42. The van der Waals surface area contributed by atoms with Crippen molar-refractivity contribution in [3.05, 3.63) is 33.8 Å². The first-order chi connectivity index (χ1) is 7.88. The maximum absolute atomic E-state index is 12.8. The van der Waals surface area contributed by atoms with Gasteiger partial charge < -0.3 is 10.5 Å². The summed E-state index contributed by atoms with van der Waals surface area (Å²) >= 11 is 3.02. The SMILES string of the molecule is NC1=N[C@@H](c2ccc(Br)cc2C(F)(F)F)CO1. The second-order valence-corrected chi connectivity index (χ2v) is 4.44. The maximum Gasteiger partial charge on any atom is 0.416 e.